The maximum absolute atomic E-state index is 13.6. The van der Waals surface area contributed by atoms with Crippen molar-refractivity contribution >= 4 is 17.7 Å². The summed E-state index contributed by atoms with van der Waals surface area (Å²) in [4.78, 5) is 48.2. The number of hydrogen-bond acceptors (Lipinski definition) is 5. The largest absolute Gasteiger partial charge is 0.349 e. The monoisotopic (exact) mass is 548 g/mol. The highest BCUT2D eigenvalue weighted by Gasteiger charge is 2.31. The molecule has 9 heteroatoms. The predicted molar refractivity (Wildman–Crippen MR) is 158 cm³/mol. The number of amides is 3. The molecule has 0 unspecified atom stereocenters. The van der Waals surface area contributed by atoms with Crippen LogP contribution < -0.4 is 10.6 Å². The Balaban J connectivity index is 3.19. The summed E-state index contributed by atoms with van der Waals surface area (Å²) in [7, 11) is 0. The van der Waals surface area contributed by atoms with Gasteiger partial charge in [-0.25, -0.2) is 4.98 Å². The molecule has 1 aromatic heterocycles. The van der Waals surface area contributed by atoms with E-state index < -0.39 is 0 Å². The van der Waals surface area contributed by atoms with Crippen LogP contribution in [0, 0.1) is 0 Å². The van der Waals surface area contributed by atoms with Crippen molar-refractivity contribution < 1.29 is 14.4 Å². The van der Waals surface area contributed by atoms with Crippen LogP contribution >= 0.6 is 0 Å². The smallest absolute Gasteiger partial charge is 0.243 e. The highest BCUT2D eigenvalue weighted by molar-refractivity contribution is 5.89. The zero-order valence-electron chi connectivity index (χ0n) is 26.4. The van der Waals surface area contributed by atoms with Crippen LogP contribution in [0.15, 0.2) is 12.4 Å². The van der Waals surface area contributed by atoms with Crippen LogP contribution in [0.5, 0.6) is 0 Å². The number of rotatable bonds is 18. The molecule has 0 aromatic carbocycles. The fourth-order valence-corrected chi connectivity index (χ4v) is 5.29. The second kappa shape index (κ2) is 16.0. The number of hydrogen-bond donors (Lipinski definition) is 2. The molecule has 0 saturated carbocycles. The van der Waals surface area contributed by atoms with E-state index in [1.165, 1.54) is 4.90 Å². The van der Waals surface area contributed by atoms with E-state index in [0.717, 1.165) is 44.3 Å². The minimum Gasteiger partial charge on any atom is -0.349 e. The molecule has 0 aliphatic heterocycles. The molecule has 0 saturated heterocycles. The highest BCUT2D eigenvalue weighted by Crippen LogP contribution is 2.20. The van der Waals surface area contributed by atoms with E-state index in [4.69, 9.17) is 0 Å². The van der Waals surface area contributed by atoms with Crippen molar-refractivity contribution in [3.63, 3.8) is 0 Å². The maximum atomic E-state index is 13.6. The van der Waals surface area contributed by atoms with Crippen LogP contribution in [0.3, 0.4) is 0 Å². The van der Waals surface area contributed by atoms with Gasteiger partial charge in [-0.05, 0) is 66.2 Å². The number of imidazole rings is 1. The summed E-state index contributed by atoms with van der Waals surface area (Å²) >= 11 is 0. The molecule has 0 fully saturated rings. The van der Waals surface area contributed by atoms with Gasteiger partial charge in [0.05, 0.1) is 6.54 Å². The molecule has 0 spiro atoms. The minimum atomic E-state index is -0.315. The zero-order chi connectivity index (χ0) is 29.8. The molecule has 0 atom stereocenters. The van der Waals surface area contributed by atoms with Crippen molar-refractivity contribution in [2.75, 3.05) is 13.1 Å². The van der Waals surface area contributed by atoms with E-state index in [-0.39, 0.29) is 48.4 Å². The lowest BCUT2D eigenvalue weighted by Gasteiger charge is -2.34. The maximum Gasteiger partial charge on any atom is 0.243 e. The van der Waals surface area contributed by atoms with Crippen LogP contribution in [0.4, 0.5) is 0 Å². The first-order chi connectivity index (χ1) is 18.3. The molecule has 224 valence electrons. The quantitative estimate of drug-likeness (QED) is 0.281. The Morgan fingerprint density at radius 3 is 1.56 bits per heavy atom. The number of nitrogens with zero attached hydrogens (tertiary/aromatic N) is 4. The fourth-order valence-electron chi connectivity index (χ4n) is 5.29. The van der Waals surface area contributed by atoms with Crippen molar-refractivity contribution in [3.05, 3.63) is 18.2 Å². The van der Waals surface area contributed by atoms with Gasteiger partial charge in [-0.1, -0.05) is 41.5 Å². The molecule has 1 rings (SSSR count). The summed E-state index contributed by atoms with van der Waals surface area (Å²) in [6, 6.07) is 0.642. The standard InChI is InChI=1S/C30H56N6O3/c1-11-29(12-2,13-3)32-26(37)20-35(21-27(38)33-30(14-4,15-5)16-6)28(39)22-34-18-17-31-25(34)19-36(23(7)8)24(9)10/h17-18,23-24H,11-16,19-22H2,1-10H3,(H,32,37)(H,33,38). The van der Waals surface area contributed by atoms with Crippen LogP contribution in [-0.2, 0) is 27.5 Å². The molecule has 0 aliphatic carbocycles. The van der Waals surface area contributed by atoms with Gasteiger partial charge in [0.15, 0.2) is 0 Å². The number of carbonyl (C=O) groups is 3. The van der Waals surface area contributed by atoms with Crippen molar-refractivity contribution in [2.24, 2.45) is 0 Å². The molecule has 0 radical (unpaired) electrons. The van der Waals surface area contributed by atoms with Crippen LogP contribution in [-0.4, -0.2) is 73.3 Å². The van der Waals surface area contributed by atoms with Crippen LogP contribution in [0.1, 0.15) is 114 Å². The zero-order valence-corrected chi connectivity index (χ0v) is 26.4. The molecule has 1 aromatic rings. The Hall–Kier alpha value is -2.42. The lowest BCUT2D eigenvalue weighted by Crippen LogP contribution is -2.55. The van der Waals surface area contributed by atoms with E-state index in [9.17, 15) is 14.4 Å². The summed E-state index contributed by atoms with van der Waals surface area (Å²) in [5.74, 6) is 0.00564. The highest BCUT2D eigenvalue weighted by atomic mass is 16.2. The van der Waals surface area contributed by atoms with Gasteiger partial charge in [0.1, 0.15) is 25.5 Å². The van der Waals surface area contributed by atoms with E-state index in [0.29, 0.717) is 18.6 Å². The van der Waals surface area contributed by atoms with Gasteiger partial charge in [-0.2, -0.15) is 0 Å². The molecule has 0 aliphatic rings. The van der Waals surface area contributed by atoms with E-state index in [2.05, 4.69) is 89.8 Å². The summed E-state index contributed by atoms with van der Waals surface area (Å²) in [6.07, 6.45) is 8.27. The Morgan fingerprint density at radius 2 is 1.21 bits per heavy atom. The third kappa shape index (κ3) is 9.92. The number of nitrogens with one attached hydrogen (secondary N) is 2. The van der Waals surface area contributed by atoms with Crippen molar-refractivity contribution in [1.82, 2.24) is 30.0 Å². The average molecular weight is 549 g/mol. The molecule has 9 nitrogen and oxygen atoms in total. The van der Waals surface area contributed by atoms with Gasteiger partial charge in [0, 0.05) is 35.6 Å². The second-order valence-electron chi connectivity index (χ2n) is 11.4. The predicted octanol–water partition coefficient (Wildman–Crippen LogP) is 4.50. The molecule has 3 amide bonds. The summed E-state index contributed by atoms with van der Waals surface area (Å²) in [5, 5.41) is 6.30. The number of carbonyl (C=O) groups excluding carboxylic acids is 3. The molecular weight excluding hydrogens is 492 g/mol. The Labute approximate surface area is 237 Å². The van der Waals surface area contributed by atoms with Crippen molar-refractivity contribution in [2.45, 2.75) is 144 Å². The first kappa shape index (κ1) is 34.6. The van der Waals surface area contributed by atoms with Gasteiger partial charge in [0.2, 0.25) is 17.7 Å². The topological polar surface area (TPSA) is 99.6 Å². The van der Waals surface area contributed by atoms with E-state index >= 15 is 0 Å². The van der Waals surface area contributed by atoms with Crippen molar-refractivity contribution in [3.8, 4) is 0 Å². The summed E-state index contributed by atoms with van der Waals surface area (Å²) in [5.41, 5.74) is -0.630. The first-order valence-corrected chi connectivity index (χ1v) is 15.0. The Bertz CT molecular complexity index is 842. The van der Waals surface area contributed by atoms with Crippen LogP contribution in [0.2, 0.25) is 0 Å². The van der Waals surface area contributed by atoms with Gasteiger partial charge >= 0.3 is 0 Å². The molecule has 39 heavy (non-hydrogen) atoms. The normalized spacial score (nSPS) is 12.3. The third-order valence-electron chi connectivity index (χ3n) is 8.65. The molecule has 0 bridgehead atoms. The average Bonchev–Trinajstić information content (AvgIpc) is 3.34. The lowest BCUT2D eigenvalue weighted by atomic mass is 9.89. The summed E-state index contributed by atoms with van der Waals surface area (Å²) in [6.45, 7) is 21.2. The Morgan fingerprint density at radius 1 is 0.795 bits per heavy atom. The van der Waals surface area contributed by atoms with E-state index in [1.54, 1.807) is 12.4 Å². The lowest BCUT2D eigenvalue weighted by molar-refractivity contribution is -0.140. The van der Waals surface area contributed by atoms with E-state index in [1.807, 2.05) is 4.57 Å². The second-order valence-corrected chi connectivity index (χ2v) is 11.4. The van der Waals surface area contributed by atoms with Crippen molar-refractivity contribution in [1.29, 1.82) is 0 Å². The SMILES string of the molecule is CCC(CC)(CC)NC(=O)CN(CC(=O)NC(CC)(CC)CC)C(=O)Cn1ccnc1CN(C(C)C)C(C)C. The summed E-state index contributed by atoms with van der Waals surface area (Å²) < 4.78 is 1.83. The van der Waals surface area contributed by atoms with Gasteiger partial charge in [-0.3, -0.25) is 19.3 Å². The fraction of sp³-hybridized carbons (Fsp3) is 0.800. The van der Waals surface area contributed by atoms with Gasteiger partial charge in [-0.15, -0.1) is 0 Å². The Kier molecular flexibility index (Phi) is 14.2. The minimum absolute atomic E-state index is 0.0148. The molecule has 1 heterocycles. The van der Waals surface area contributed by atoms with Crippen LogP contribution in [0.25, 0.3) is 0 Å². The number of aromatic nitrogens is 2. The first-order valence-electron chi connectivity index (χ1n) is 15.0. The third-order valence-corrected chi connectivity index (χ3v) is 8.65. The molecular formula is C30H56N6O3. The van der Waals surface area contributed by atoms with Gasteiger partial charge < -0.3 is 20.1 Å². The molecule has 2 N–H and O–H groups in total. The van der Waals surface area contributed by atoms with Gasteiger partial charge in [0.25, 0.3) is 0 Å².